The highest BCUT2D eigenvalue weighted by atomic mass is 19.4. The van der Waals surface area contributed by atoms with Crippen LogP contribution < -0.4 is 21.1 Å². The van der Waals surface area contributed by atoms with Gasteiger partial charge in [0.1, 0.15) is 0 Å². The SMILES string of the molecule is Cn1ccnc(N2CCC[C@@H](NC(=O)Nc3ccc(C(F)(F)F)nn3)C2)c1=O. The molecule has 28 heavy (non-hydrogen) atoms. The summed E-state index contributed by atoms with van der Waals surface area (Å²) in [6, 6.07) is 0.889. The summed E-state index contributed by atoms with van der Waals surface area (Å²) in [5.41, 5.74) is -1.37. The van der Waals surface area contributed by atoms with E-state index in [4.69, 9.17) is 0 Å². The molecule has 3 rings (SSSR count). The van der Waals surface area contributed by atoms with Crippen LogP contribution in [0.25, 0.3) is 0 Å². The maximum absolute atomic E-state index is 12.5. The third-order valence-electron chi connectivity index (χ3n) is 4.25. The van der Waals surface area contributed by atoms with Crippen molar-refractivity contribution in [1.82, 2.24) is 25.1 Å². The topological polar surface area (TPSA) is 105 Å². The molecule has 12 heteroatoms. The number of halogens is 3. The van der Waals surface area contributed by atoms with Crippen molar-refractivity contribution in [2.24, 2.45) is 7.05 Å². The maximum atomic E-state index is 12.5. The zero-order valence-electron chi connectivity index (χ0n) is 14.9. The first kappa shape index (κ1) is 19.6. The van der Waals surface area contributed by atoms with Crippen LogP contribution in [0.5, 0.6) is 0 Å². The summed E-state index contributed by atoms with van der Waals surface area (Å²) in [6.07, 6.45) is -0.0732. The zero-order chi connectivity index (χ0) is 20.3. The molecule has 0 aromatic carbocycles. The molecule has 2 amide bonds. The number of urea groups is 1. The molecule has 0 spiro atoms. The minimum Gasteiger partial charge on any atom is -0.350 e. The molecule has 1 fully saturated rings. The Labute approximate surface area is 157 Å². The van der Waals surface area contributed by atoms with Crippen LogP contribution in [-0.2, 0) is 13.2 Å². The van der Waals surface area contributed by atoms with Gasteiger partial charge < -0.3 is 14.8 Å². The predicted octanol–water partition coefficient (Wildman–Crippen LogP) is 1.38. The standard InChI is InChI=1S/C16H18F3N7O2/c1-25-8-6-20-13(14(25)27)26-7-2-3-10(9-26)21-15(28)22-12-5-4-11(23-24-12)16(17,18)19/h4-6,8,10H,2-3,7,9H2,1H3,(H2,21,22,24,28)/t10-/m1/s1. The molecular weight excluding hydrogens is 379 g/mol. The quantitative estimate of drug-likeness (QED) is 0.811. The molecule has 2 aromatic heterocycles. The Morgan fingerprint density at radius 3 is 2.75 bits per heavy atom. The van der Waals surface area contributed by atoms with Crippen molar-refractivity contribution in [3.8, 4) is 0 Å². The van der Waals surface area contributed by atoms with E-state index >= 15 is 0 Å². The van der Waals surface area contributed by atoms with Gasteiger partial charge in [0.15, 0.2) is 17.3 Å². The Morgan fingerprint density at radius 1 is 1.29 bits per heavy atom. The highest BCUT2D eigenvalue weighted by molar-refractivity contribution is 5.88. The van der Waals surface area contributed by atoms with E-state index in [1.54, 1.807) is 18.1 Å². The van der Waals surface area contributed by atoms with Gasteiger partial charge in [-0.15, -0.1) is 10.2 Å². The number of aryl methyl sites for hydroxylation is 1. The lowest BCUT2D eigenvalue weighted by atomic mass is 10.1. The van der Waals surface area contributed by atoms with Crippen LogP contribution in [0.2, 0.25) is 0 Å². The smallest absolute Gasteiger partial charge is 0.350 e. The number of rotatable bonds is 3. The highest BCUT2D eigenvalue weighted by Gasteiger charge is 2.33. The summed E-state index contributed by atoms with van der Waals surface area (Å²) in [6.45, 7) is 1.02. The third-order valence-corrected chi connectivity index (χ3v) is 4.25. The molecule has 1 aliphatic heterocycles. The molecule has 150 valence electrons. The first-order chi connectivity index (χ1) is 13.2. The monoisotopic (exact) mass is 397 g/mol. The van der Waals surface area contributed by atoms with Gasteiger partial charge in [-0.05, 0) is 25.0 Å². The van der Waals surface area contributed by atoms with Crippen LogP contribution in [0.3, 0.4) is 0 Å². The molecule has 0 saturated carbocycles. The minimum absolute atomic E-state index is 0.100. The summed E-state index contributed by atoms with van der Waals surface area (Å²) in [7, 11) is 1.63. The maximum Gasteiger partial charge on any atom is 0.435 e. The van der Waals surface area contributed by atoms with Crippen LogP contribution in [-0.4, -0.2) is 44.9 Å². The van der Waals surface area contributed by atoms with E-state index in [1.807, 2.05) is 0 Å². The predicted molar refractivity (Wildman–Crippen MR) is 93.9 cm³/mol. The first-order valence-corrected chi connectivity index (χ1v) is 8.49. The summed E-state index contributed by atoms with van der Waals surface area (Å²) < 4.78 is 38.9. The van der Waals surface area contributed by atoms with Crippen LogP contribution >= 0.6 is 0 Å². The molecule has 9 nitrogen and oxygen atoms in total. The van der Waals surface area contributed by atoms with E-state index in [0.29, 0.717) is 25.3 Å². The number of carbonyl (C=O) groups is 1. The van der Waals surface area contributed by atoms with Crippen molar-refractivity contribution in [1.29, 1.82) is 0 Å². The molecule has 1 saturated heterocycles. The second kappa shape index (κ2) is 7.82. The number of alkyl halides is 3. The number of hydrogen-bond acceptors (Lipinski definition) is 6. The van der Waals surface area contributed by atoms with E-state index in [0.717, 1.165) is 18.6 Å². The van der Waals surface area contributed by atoms with Crippen molar-refractivity contribution in [2.75, 3.05) is 23.3 Å². The van der Waals surface area contributed by atoms with E-state index in [9.17, 15) is 22.8 Å². The van der Waals surface area contributed by atoms with Crippen molar-refractivity contribution < 1.29 is 18.0 Å². The van der Waals surface area contributed by atoms with Gasteiger partial charge in [0.05, 0.1) is 0 Å². The molecule has 1 aliphatic rings. The molecule has 0 aliphatic carbocycles. The van der Waals surface area contributed by atoms with E-state index < -0.39 is 17.9 Å². The average Bonchev–Trinajstić information content (AvgIpc) is 2.64. The van der Waals surface area contributed by atoms with Crippen molar-refractivity contribution in [2.45, 2.75) is 25.1 Å². The normalized spacial score (nSPS) is 17.3. The molecule has 0 bridgehead atoms. The van der Waals surface area contributed by atoms with Gasteiger partial charge >= 0.3 is 12.2 Å². The van der Waals surface area contributed by atoms with Crippen LogP contribution in [0.1, 0.15) is 18.5 Å². The lowest BCUT2D eigenvalue weighted by molar-refractivity contribution is -0.141. The average molecular weight is 397 g/mol. The number of piperidine rings is 1. The first-order valence-electron chi connectivity index (χ1n) is 8.49. The second-order valence-electron chi connectivity index (χ2n) is 6.35. The Morgan fingerprint density at radius 2 is 2.07 bits per heavy atom. The Balaban J connectivity index is 1.59. The second-order valence-corrected chi connectivity index (χ2v) is 6.35. The molecule has 0 unspecified atom stereocenters. The van der Waals surface area contributed by atoms with Gasteiger partial charge in [0.25, 0.3) is 5.56 Å². The fourth-order valence-corrected chi connectivity index (χ4v) is 2.88. The lowest BCUT2D eigenvalue weighted by Gasteiger charge is -2.33. The van der Waals surface area contributed by atoms with Gasteiger partial charge in [-0.2, -0.15) is 13.2 Å². The Bertz CT molecular complexity index is 898. The Hall–Kier alpha value is -3.18. The van der Waals surface area contributed by atoms with Gasteiger partial charge in [-0.1, -0.05) is 0 Å². The van der Waals surface area contributed by atoms with Crippen molar-refractivity contribution >= 4 is 17.7 Å². The summed E-state index contributed by atoms with van der Waals surface area (Å²) in [4.78, 5) is 30.2. The molecule has 3 heterocycles. The number of anilines is 2. The Kier molecular flexibility index (Phi) is 5.47. The number of hydrogen-bond donors (Lipinski definition) is 2. The minimum atomic E-state index is -4.60. The van der Waals surface area contributed by atoms with E-state index in [2.05, 4.69) is 25.8 Å². The molecular formula is C16H18F3N7O2. The molecule has 1 atom stereocenters. The number of carbonyl (C=O) groups excluding carboxylic acids is 1. The molecule has 2 aromatic rings. The number of nitrogens with zero attached hydrogens (tertiary/aromatic N) is 5. The van der Waals surface area contributed by atoms with Gasteiger partial charge in [-0.3, -0.25) is 10.1 Å². The van der Waals surface area contributed by atoms with E-state index in [1.165, 1.54) is 10.8 Å². The fourth-order valence-electron chi connectivity index (χ4n) is 2.88. The van der Waals surface area contributed by atoms with Crippen molar-refractivity contribution in [3.63, 3.8) is 0 Å². The molecule has 0 radical (unpaired) electrons. The molecule has 2 N–H and O–H groups in total. The summed E-state index contributed by atoms with van der Waals surface area (Å²) in [5, 5.41) is 11.5. The van der Waals surface area contributed by atoms with Gasteiger partial charge in [0, 0.05) is 38.6 Å². The third kappa shape index (κ3) is 4.56. The number of aromatic nitrogens is 4. The lowest BCUT2D eigenvalue weighted by Crippen LogP contribution is -2.50. The van der Waals surface area contributed by atoms with Gasteiger partial charge in [0.2, 0.25) is 0 Å². The zero-order valence-corrected chi connectivity index (χ0v) is 14.9. The number of nitrogens with one attached hydrogen (secondary N) is 2. The van der Waals surface area contributed by atoms with Crippen molar-refractivity contribution in [3.05, 3.63) is 40.6 Å². The van der Waals surface area contributed by atoms with E-state index in [-0.39, 0.29) is 17.4 Å². The van der Waals surface area contributed by atoms with Gasteiger partial charge in [-0.25, -0.2) is 9.78 Å². The van der Waals surface area contributed by atoms with Crippen LogP contribution in [0, 0.1) is 0 Å². The van der Waals surface area contributed by atoms with Crippen LogP contribution in [0.4, 0.5) is 29.6 Å². The number of amides is 2. The largest absolute Gasteiger partial charge is 0.435 e. The summed E-state index contributed by atoms with van der Waals surface area (Å²) in [5.74, 6) is 0.210. The van der Waals surface area contributed by atoms with Crippen LogP contribution in [0.15, 0.2) is 29.3 Å². The fraction of sp³-hybridized carbons (Fsp3) is 0.438. The highest BCUT2D eigenvalue weighted by Crippen LogP contribution is 2.27. The summed E-state index contributed by atoms with van der Waals surface area (Å²) >= 11 is 0.